The number of amides is 1. The molecule has 1 aliphatic heterocycles. The van der Waals surface area contributed by atoms with Crippen LogP contribution in [-0.2, 0) is 13.0 Å². The summed E-state index contributed by atoms with van der Waals surface area (Å²) in [5.74, 6) is 0.890. The number of nitrogens with one attached hydrogen (secondary N) is 2. The molecule has 4 aromatic rings. The second-order valence-electron chi connectivity index (χ2n) is 7.68. The number of aryl methyl sites for hydroxylation is 1. The fraction of sp³-hybridized carbons (Fsp3) is 0.238. The molecular weight excluding hydrogens is 410 g/mol. The summed E-state index contributed by atoms with van der Waals surface area (Å²) in [7, 11) is 0. The summed E-state index contributed by atoms with van der Waals surface area (Å²) >= 11 is 0. The van der Waals surface area contributed by atoms with Crippen molar-refractivity contribution in [3.8, 4) is 0 Å². The smallest absolute Gasteiger partial charge is 0.347 e. The quantitative estimate of drug-likeness (QED) is 0.422. The first kappa shape index (κ1) is 19.7. The molecule has 162 valence electrons. The number of H-pyrrole nitrogens is 1. The van der Waals surface area contributed by atoms with Gasteiger partial charge in [-0.25, -0.2) is 14.3 Å². The van der Waals surface area contributed by atoms with Gasteiger partial charge in [0.1, 0.15) is 5.82 Å². The number of hydrogen-bond donors (Lipinski definition) is 3. The molecule has 1 aromatic carbocycles. The largest absolute Gasteiger partial charge is 0.368 e. The van der Waals surface area contributed by atoms with Gasteiger partial charge in [0.25, 0.3) is 5.91 Å². The van der Waals surface area contributed by atoms with Crippen LogP contribution in [0.25, 0.3) is 5.65 Å². The predicted octanol–water partition coefficient (Wildman–Crippen LogP) is 0.460. The van der Waals surface area contributed by atoms with Crippen LogP contribution in [0.15, 0.2) is 47.4 Å². The van der Waals surface area contributed by atoms with Gasteiger partial charge in [-0.3, -0.25) is 4.79 Å². The number of pyridine rings is 1. The molecule has 11 heteroatoms. The number of anilines is 2. The summed E-state index contributed by atoms with van der Waals surface area (Å²) in [5.41, 5.74) is 8.67. The lowest BCUT2D eigenvalue weighted by atomic mass is 9.94. The van der Waals surface area contributed by atoms with E-state index in [9.17, 15) is 9.59 Å². The zero-order chi connectivity index (χ0) is 22.2. The second kappa shape index (κ2) is 7.76. The zero-order valence-electron chi connectivity index (χ0n) is 17.3. The molecule has 0 fully saturated rings. The molecule has 1 unspecified atom stereocenters. The van der Waals surface area contributed by atoms with Crippen molar-refractivity contribution in [3.05, 3.63) is 75.6 Å². The molecule has 1 amide bonds. The highest BCUT2D eigenvalue weighted by atomic mass is 16.2. The highest BCUT2D eigenvalue weighted by molar-refractivity contribution is 5.94. The second-order valence-corrected chi connectivity index (χ2v) is 7.68. The van der Waals surface area contributed by atoms with Gasteiger partial charge in [0, 0.05) is 19.3 Å². The predicted molar refractivity (Wildman–Crippen MR) is 117 cm³/mol. The van der Waals surface area contributed by atoms with E-state index in [0.717, 1.165) is 0 Å². The van der Waals surface area contributed by atoms with Crippen molar-refractivity contribution in [1.82, 2.24) is 34.9 Å². The molecule has 5 rings (SSSR count). The third kappa shape index (κ3) is 3.64. The van der Waals surface area contributed by atoms with Gasteiger partial charge < -0.3 is 16.0 Å². The van der Waals surface area contributed by atoms with Gasteiger partial charge >= 0.3 is 5.69 Å². The van der Waals surface area contributed by atoms with Crippen LogP contribution in [0.3, 0.4) is 0 Å². The number of nitrogens with two attached hydrogens (primary N) is 1. The van der Waals surface area contributed by atoms with Crippen LogP contribution in [0.1, 0.15) is 27.3 Å². The summed E-state index contributed by atoms with van der Waals surface area (Å²) < 4.78 is 1.30. The molecule has 0 spiro atoms. The summed E-state index contributed by atoms with van der Waals surface area (Å²) in [5, 5.41) is 9.21. The van der Waals surface area contributed by atoms with E-state index in [1.54, 1.807) is 19.1 Å². The van der Waals surface area contributed by atoms with E-state index < -0.39 is 5.69 Å². The molecular formula is C21H21N9O2. The molecule has 0 saturated carbocycles. The number of carbonyl (C=O) groups is 1. The van der Waals surface area contributed by atoms with E-state index >= 15 is 0 Å². The number of carbonyl (C=O) groups excluding carboxylic acids is 1. The molecule has 11 nitrogen and oxygen atoms in total. The molecule has 0 aliphatic carbocycles. The summed E-state index contributed by atoms with van der Waals surface area (Å²) in [6, 6.07) is 11.3. The first-order chi connectivity index (χ1) is 15.5. The molecule has 4 heterocycles. The number of rotatable bonds is 4. The van der Waals surface area contributed by atoms with Gasteiger partial charge in [0.2, 0.25) is 11.9 Å². The first-order valence-electron chi connectivity index (χ1n) is 10.1. The fourth-order valence-electron chi connectivity index (χ4n) is 3.97. The van der Waals surface area contributed by atoms with E-state index in [1.807, 2.05) is 17.0 Å². The molecule has 1 aliphatic rings. The van der Waals surface area contributed by atoms with Crippen molar-refractivity contribution in [2.75, 3.05) is 17.2 Å². The van der Waals surface area contributed by atoms with Crippen molar-refractivity contribution in [3.63, 3.8) is 0 Å². The van der Waals surface area contributed by atoms with Gasteiger partial charge in [-0.05, 0) is 36.6 Å². The third-order valence-corrected chi connectivity index (χ3v) is 5.54. The Morgan fingerprint density at radius 3 is 2.81 bits per heavy atom. The lowest BCUT2D eigenvalue weighted by Crippen LogP contribution is -2.48. The highest BCUT2D eigenvalue weighted by Gasteiger charge is 2.29. The highest BCUT2D eigenvalue weighted by Crippen LogP contribution is 2.26. The molecule has 0 radical (unpaired) electrons. The number of benzene rings is 1. The van der Waals surface area contributed by atoms with Crippen LogP contribution in [0.2, 0.25) is 0 Å². The van der Waals surface area contributed by atoms with Gasteiger partial charge in [-0.1, -0.05) is 24.3 Å². The SMILES string of the molecule is Cc1nc(N)nc(N2Cc3ccccc3CC2CNC(=O)c2ccc3n[nH]c(=O)n3c2)n1. The normalized spacial score (nSPS) is 15.5. The fourth-order valence-corrected chi connectivity index (χ4v) is 3.97. The van der Waals surface area contributed by atoms with Gasteiger partial charge in [-0.2, -0.15) is 20.1 Å². The Balaban J connectivity index is 1.40. The van der Waals surface area contributed by atoms with E-state index in [0.29, 0.717) is 42.5 Å². The van der Waals surface area contributed by atoms with Crippen LogP contribution in [-0.4, -0.2) is 48.0 Å². The number of hydrogen-bond acceptors (Lipinski definition) is 8. The van der Waals surface area contributed by atoms with Crippen LogP contribution in [0, 0.1) is 6.92 Å². The Morgan fingerprint density at radius 2 is 2.00 bits per heavy atom. The molecule has 4 N–H and O–H groups in total. The molecule has 32 heavy (non-hydrogen) atoms. The Hall–Kier alpha value is -4.28. The molecule has 1 atom stereocenters. The van der Waals surface area contributed by atoms with Crippen molar-refractivity contribution < 1.29 is 4.79 Å². The maximum Gasteiger partial charge on any atom is 0.347 e. The Morgan fingerprint density at radius 1 is 1.19 bits per heavy atom. The van der Waals surface area contributed by atoms with Crippen LogP contribution < -0.4 is 21.6 Å². The van der Waals surface area contributed by atoms with Crippen LogP contribution in [0.5, 0.6) is 0 Å². The Kier molecular flexibility index (Phi) is 4.77. The number of nitrogen functional groups attached to an aromatic ring is 1. The average Bonchev–Trinajstić information content (AvgIpc) is 3.16. The summed E-state index contributed by atoms with van der Waals surface area (Å²) in [6.45, 7) is 2.72. The van der Waals surface area contributed by atoms with Crippen molar-refractivity contribution in [2.24, 2.45) is 0 Å². The average molecular weight is 431 g/mol. The first-order valence-corrected chi connectivity index (χ1v) is 10.1. The van der Waals surface area contributed by atoms with E-state index in [4.69, 9.17) is 5.73 Å². The van der Waals surface area contributed by atoms with Crippen molar-refractivity contribution >= 4 is 23.5 Å². The van der Waals surface area contributed by atoms with Crippen LogP contribution in [0.4, 0.5) is 11.9 Å². The van der Waals surface area contributed by atoms with Crippen molar-refractivity contribution in [2.45, 2.75) is 25.9 Å². The Bertz CT molecular complexity index is 1360. The minimum absolute atomic E-state index is 0.0876. The summed E-state index contributed by atoms with van der Waals surface area (Å²) in [6.07, 6.45) is 2.18. The minimum Gasteiger partial charge on any atom is -0.368 e. The number of aromatic amines is 1. The lowest BCUT2D eigenvalue weighted by molar-refractivity contribution is 0.0950. The standard InChI is InChI=1S/C21H21N9O2/c1-12-24-19(22)26-20(25-12)29-10-14-5-3-2-4-13(14)8-16(29)9-23-18(31)15-6-7-17-27-28-21(32)30(17)11-15/h2-7,11,16H,8-10H2,1H3,(H,23,31)(H,28,32)(H2,22,24,25,26). The zero-order valence-corrected chi connectivity index (χ0v) is 17.3. The molecule has 3 aromatic heterocycles. The molecule has 0 saturated heterocycles. The lowest BCUT2D eigenvalue weighted by Gasteiger charge is -2.37. The monoisotopic (exact) mass is 431 g/mol. The maximum absolute atomic E-state index is 12.8. The number of fused-ring (bicyclic) bond motifs is 2. The van der Waals surface area contributed by atoms with Gasteiger partial charge in [0.05, 0.1) is 11.6 Å². The van der Waals surface area contributed by atoms with Crippen molar-refractivity contribution in [1.29, 1.82) is 0 Å². The third-order valence-electron chi connectivity index (χ3n) is 5.54. The topological polar surface area (TPSA) is 147 Å². The Labute approximate surface area is 182 Å². The number of aromatic nitrogens is 6. The number of nitrogens with zero attached hydrogens (tertiary/aromatic N) is 6. The van der Waals surface area contributed by atoms with Gasteiger partial charge in [0.15, 0.2) is 5.65 Å². The van der Waals surface area contributed by atoms with E-state index in [2.05, 4.69) is 42.6 Å². The molecule has 0 bridgehead atoms. The van der Waals surface area contributed by atoms with E-state index in [-0.39, 0.29) is 17.9 Å². The maximum atomic E-state index is 12.8. The summed E-state index contributed by atoms with van der Waals surface area (Å²) in [4.78, 5) is 39.5. The van der Waals surface area contributed by atoms with Gasteiger partial charge in [-0.15, -0.1) is 0 Å². The van der Waals surface area contributed by atoms with Crippen LogP contribution >= 0.6 is 0 Å². The van der Waals surface area contributed by atoms with E-state index in [1.165, 1.54) is 21.7 Å². The minimum atomic E-state index is -0.396.